The zero-order valence-corrected chi connectivity index (χ0v) is 10.6. The fourth-order valence-electron chi connectivity index (χ4n) is 1.80. The van der Waals surface area contributed by atoms with Crippen LogP contribution in [0, 0.1) is 0 Å². The first kappa shape index (κ1) is 13.9. The van der Waals surface area contributed by atoms with E-state index in [4.69, 9.17) is 9.84 Å². The predicted octanol–water partition coefficient (Wildman–Crippen LogP) is 0.151. The van der Waals surface area contributed by atoms with E-state index in [1.807, 2.05) is 0 Å². The average Bonchev–Trinajstić information content (AvgIpc) is 2.56. The molecule has 3 N–H and O–H groups in total. The number of nitrogens with one attached hydrogen (secondary N) is 2. The number of aliphatic carboxylic acids is 1. The number of anilines is 1. The third-order valence-corrected chi connectivity index (χ3v) is 2.71. The lowest BCUT2D eigenvalue weighted by atomic mass is 10.1. The van der Waals surface area contributed by atoms with Crippen LogP contribution in [0.5, 0.6) is 5.75 Å². The van der Waals surface area contributed by atoms with Gasteiger partial charge in [0.1, 0.15) is 12.3 Å². The van der Waals surface area contributed by atoms with Crippen molar-refractivity contribution in [2.24, 2.45) is 0 Å². The Balaban J connectivity index is 2.05. The van der Waals surface area contributed by atoms with Gasteiger partial charge in [-0.3, -0.25) is 14.4 Å². The largest absolute Gasteiger partial charge is 0.491 e. The number of carbonyl (C=O) groups is 3. The number of benzene rings is 1. The summed E-state index contributed by atoms with van der Waals surface area (Å²) in [5, 5.41) is 13.4. The number of carboxylic acids is 1. The molecule has 2 amide bonds. The fraction of sp³-hybridized carbons (Fsp3) is 0.308. The predicted molar refractivity (Wildman–Crippen MR) is 69.5 cm³/mol. The second kappa shape index (κ2) is 6.05. The van der Waals surface area contributed by atoms with Gasteiger partial charge in [-0.05, 0) is 17.7 Å². The summed E-state index contributed by atoms with van der Waals surface area (Å²) in [5.74, 6) is -1.07. The van der Waals surface area contributed by atoms with Crippen molar-refractivity contribution >= 4 is 23.5 Å². The van der Waals surface area contributed by atoms with E-state index in [0.29, 0.717) is 23.6 Å². The highest BCUT2D eigenvalue weighted by Crippen LogP contribution is 2.28. The van der Waals surface area contributed by atoms with E-state index < -0.39 is 18.4 Å². The maximum absolute atomic E-state index is 11.5. The number of ether oxygens (including phenoxy) is 1. The van der Waals surface area contributed by atoms with Gasteiger partial charge >= 0.3 is 5.97 Å². The van der Waals surface area contributed by atoms with E-state index in [0.717, 1.165) is 0 Å². The molecule has 1 aromatic carbocycles. The van der Waals surface area contributed by atoms with E-state index in [-0.39, 0.29) is 18.7 Å². The highest BCUT2D eigenvalue weighted by atomic mass is 16.5. The van der Waals surface area contributed by atoms with Crippen molar-refractivity contribution in [2.45, 2.75) is 12.8 Å². The first-order valence-corrected chi connectivity index (χ1v) is 6.08. The first-order valence-electron chi connectivity index (χ1n) is 6.08. The standard InChI is InChI=1S/C13H14N2O5/c16-11-3-4-20-10-2-1-8(5-9(10)15-11)6-12(17)14-7-13(18)19/h1-2,5H,3-4,6-7H2,(H,14,17)(H,15,16)(H,18,19). The molecule has 20 heavy (non-hydrogen) atoms. The Morgan fingerprint density at radius 2 is 2.20 bits per heavy atom. The molecule has 1 aliphatic heterocycles. The Bertz CT molecular complexity index is 556. The van der Waals surface area contributed by atoms with Crippen molar-refractivity contribution in [3.05, 3.63) is 23.8 Å². The summed E-state index contributed by atoms with van der Waals surface area (Å²) in [5.41, 5.74) is 1.19. The molecule has 0 unspecified atom stereocenters. The van der Waals surface area contributed by atoms with Crippen LogP contribution in [-0.2, 0) is 20.8 Å². The summed E-state index contributed by atoms with van der Waals surface area (Å²) < 4.78 is 5.40. The van der Waals surface area contributed by atoms with Crippen molar-refractivity contribution < 1.29 is 24.2 Å². The minimum Gasteiger partial charge on any atom is -0.491 e. The third kappa shape index (κ3) is 3.71. The molecule has 0 atom stereocenters. The quantitative estimate of drug-likeness (QED) is 0.727. The van der Waals surface area contributed by atoms with Crippen LogP contribution in [0.3, 0.4) is 0 Å². The summed E-state index contributed by atoms with van der Waals surface area (Å²) in [6, 6.07) is 5.04. The topological polar surface area (TPSA) is 105 Å². The van der Waals surface area contributed by atoms with Crippen LogP contribution in [0.25, 0.3) is 0 Å². The third-order valence-electron chi connectivity index (χ3n) is 2.71. The molecule has 0 aromatic heterocycles. The van der Waals surface area contributed by atoms with E-state index in [9.17, 15) is 14.4 Å². The van der Waals surface area contributed by atoms with Gasteiger partial charge in [0, 0.05) is 0 Å². The number of fused-ring (bicyclic) bond motifs is 1. The van der Waals surface area contributed by atoms with Gasteiger partial charge in [-0.2, -0.15) is 0 Å². The summed E-state index contributed by atoms with van der Waals surface area (Å²) in [7, 11) is 0. The molecule has 0 bridgehead atoms. The molecule has 0 aliphatic carbocycles. The average molecular weight is 278 g/mol. The monoisotopic (exact) mass is 278 g/mol. The second-order valence-electron chi connectivity index (χ2n) is 4.32. The first-order chi connectivity index (χ1) is 9.54. The number of hydrogen-bond acceptors (Lipinski definition) is 4. The van der Waals surface area contributed by atoms with Crippen LogP contribution in [0.1, 0.15) is 12.0 Å². The number of rotatable bonds is 4. The lowest BCUT2D eigenvalue weighted by Crippen LogP contribution is -2.30. The highest BCUT2D eigenvalue weighted by molar-refractivity contribution is 5.93. The normalized spacial score (nSPS) is 13.5. The van der Waals surface area contributed by atoms with Crippen molar-refractivity contribution in [1.29, 1.82) is 0 Å². The molecule has 1 aliphatic rings. The Labute approximate surface area is 114 Å². The van der Waals surface area contributed by atoms with E-state index >= 15 is 0 Å². The van der Waals surface area contributed by atoms with Gasteiger partial charge in [0.25, 0.3) is 0 Å². The molecule has 0 spiro atoms. The number of amides is 2. The molecule has 0 saturated carbocycles. The molecular formula is C13H14N2O5. The van der Waals surface area contributed by atoms with Crippen molar-refractivity contribution in [2.75, 3.05) is 18.5 Å². The minimum atomic E-state index is -1.10. The molecular weight excluding hydrogens is 264 g/mol. The molecule has 7 heteroatoms. The lowest BCUT2D eigenvalue weighted by molar-refractivity contribution is -0.137. The van der Waals surface area contributed by atoms with Crippen LogP contribution in [0.4, 0.5) is 5.69 Å². The molecule has 0 radical (unpaired) electrons. The summed E-state index contributed by atoms with van der Waals surface area (Å²) in [6.45, 7) is -0.0963. The van der Waals surface area contributed by atoms with Gasteiger partial charge in [-0.25, -0.2) is 0 Å². The Hall–Kier alpha value is -2.57. The molecule has 7 nitrogen and oxygen atoms in total. The Morgan fingerprint density at radius 3 is 2.95 bits per heavy atom. The van der Waals surface area contributed by atoms with Gasteiger partial charge in [0.15, 0.2) is 0 Å². The SMILES string of the molecule is O=C(O)CNC(=O)Cc1ccc2c(c1)NC(=O)CCO2. The van der Waals surface area contributed by atoms with Gasteiger partial charge in [-0.15, -0.1) is 0 Å². The van der Waals surface area contributed by atoms with Crippen LogP contribution in [-0.4, -0.2) is 36.0 Å². The number of hydrogen-bond donors (Lipinski definition) is 3. The molecule has 106 valence electrons. The van der Waals surface area contributed by atoms with E-state index in [2.05, 4.69) is 10.6 Å². The van der Waals surface area contributed by atoms with Crippen molar-refractivity contribution in [3.8, 4) is 5.75 Å². The maximum atomic E-state index is 11.5. The zero-order chi connectivity index (χ0) is 14.5. The smallest absolute Gasteiger partial charge is 0.322 e. The highest BCUT2D eigenvalue weighted by Gasteiger charge is 2.15. The van der Waals surface area contributed by atoms with Crippen molar-refractivity contribution in [3.63, 3.8) is 0 Å². The molecule has 1 aromatic rings. The lowest BCUT2D eigenvalue weighted by Gasteiger charge is -2.09. The van der Waals surface area contributed by atoms with Gasteiger partial charge < -0.3 is 20.5 Å². The Morgan fingerprint density at radius 1 is 1.40 bits per heavy atom. The van der Waals surface area contributed by atoms with E-state index in [1.54, 1.807) is 18.2 Å². The summed E-state index contributed by atoms with van der Waals surface area (Å²) in [6.07, 6.45) is 0.319. The molecule has 2 rings (SSSR count). The van der Waals surface area contributed by atoms with Crippen LogP contribution >= 0.6 is 0 Å². The van der Waals surface area contributed by atoms with Crippen LogP contribution in [0.15, 0.2) is 18.2 Å². The minimum absolute atomic E-state index is 0.0381. The van der Waals surface area contributed by atoms with Crippen LogP contribution < -0.4 is 15.4 Å². The van der Waals surface area contributed by atoms with Gasteiger partial charge in [0.05, 0.1) is 25.1 Å². The van der Waals surface area contributed by atoms with E-state index in [1.165, 1.54) is 0 Å². The Kier molecular flexibility index (Phi) is 4.19. The number of carboxylic acid groups (broad SMARTS) is 1. The maximum Gasteiger partial charge on any atom is 0.322 e. The molecule has 0 saturated heterocycles. The second-order valence-corrected chi connectivity index (χ2v) is 4.32. The fourth-order valence-corrected chi connectivity index (χ4v) is 1.80. The number of carbonyl (C=O) groups excluding carboxylic acids is 2. The van der Waals surface area contributed by atoms with Crippen molar-refractivity contribution in [1.82, 2.24) is 5.32 Å². The molecule has 0 fully saturated rings. The zero-order valence-electron chi connectivity index (χ0n) is 10.6. The van der Waals surface area contributed by atoms with Gasteiger partial charge in [0.2, 0.25) is 11.8 Å². The van der Waals surface area contributed by atoms with Crippen LogP contribution in [0.2, 0.25) is 0 Å². The summed E-state index contributed by atoms with van der Waals surface area (Å²) in [4.78, 5) is 33.3. The van der Waals surface area contributed by atoms with Gasteiger partial charge in [-0.1, -0.05) is 6.07 Å². The summed E-state index contributed by atoms with van der Waals surface area (Å²) >= 11 is 0. The molecule has 1 heterocycles.